The van der Waals surface area contributed by atoms with E-state index in [0.717, 1.165) is 15.7 Å². The van der Waals surface area contributed by atoms with Crippen molar-refractivity contribution >= 4 is 27.5 Å². The van der Waals surface area contributed by atoms with Crippen LogP contribution in [0.1, 0.15) is 31.2 Å². The number of hydrazine groups is 1. The summed E-state index contributed by atoms with van der Waals surface area (Å²) in [5.41, 5.74) is 7.44. The zero-order valence-electron chi connectivity index (χ0n) is 11.4. The van der Waals surface area contributed by atoms with Crippen LogP contribution in [-0.2, 0) is 4.79 Å². The molecule has 2 aliphatic carbocycles. The third-order valence-electron chi connectivity index (χ3n) is 4.49. The first-order chi connectivity index (χ1) is 9.66. The summed E-state index contributed by atoms with van der Waals surface area (Å²) >= 11 is 3.40. The Bertz CT molecular complexity index is 514. The fraction of sp³-hybridized carbons (Fsp3) is 0.438. The van der Waals surface area contributed by atoms with E-state index < -0.39 is 0 Å². The molecule has 0 aliphatic heterocycles. The molecule has 0 heterocycles. The molecule has 0 aromatic heterocycles. The van der Waals surface area contributed by atoms with Crippen molar-refractivity contribution < 1.29 is 4.79 Å². The standard InChI is InChI=1S/C16H19BrN2O/c1-10(11-6-8-12(17)9-7-11)18-19-16(20)15-13-4-2-3-5-14(13)15/h6-9,13-15,18H,1-5H2,(H,19,20). The van der Waals surface area contributed by atoms with E-state index in [-0.39, 0.29) is 11.8 Å². The lowest BCUT2D eigenvalue weighted by molar-refractivity contribution is -0.123. The number of hydrogen-bond donors (Lipinski definition) is 2. The lowest BCUT2D eigenvalue weighted by Crippen LogP contribution is -2.37. The molecule has 2 atom stereocenters. The summed E-state index contributed by atoms with van der Waals surface area (Å²) in [6.07, 6.45) is 5.00. The summed E-state index contributed by atoms with van der Waals surface area (Å²) < 4.78 is 1.03. The maximum atomic E-state index is 12.1. The van der Waals surface area contributed by atoms with Crippen LogP contribution in [0.3, 0.4) is 0 Å². The molecule has 1 amide bonds. The Morgan fingerprint density at radius 3 is 2.30 bits per heavy atom. The van der Waals surface area contributed by atoms with Gasteiger partial charge in [0, 0.05) is 10.4 Å². The molecule has 1 aromatic carbocycles. The molecule has 3 nitrogen and oxygen atoms in total. The van der Waals surface area contributed by atoms with Gasteiger partial charge in [-0.2, -0.15) is 0 Å². The number of nitrogens with one attached hydrogen (secondary N) is 2. The van der Waals surface area contributed by atoms with Crippen LogP contribution in [0.4, 0.5) is 0 Å². The Morgan fingerprint density at radius 1 is 1.10 bits per heavy atom. The number of rotatable bonds is 4. The summed E-state index contributed by atoms with van der Waals surface area (Å²) in [6, 6.07) is 7.84. The van der Waals surface area contributed by atoms with E-state index in [1.807, 2.05) is 24.3 Å². The summed E-state index contributed by atoms with van der Waals surface area (Å²) in [5.74, 6) is 1.61. The first kappa shape index (κ1) is 13.7. The molecule has 2 N–H and O–H groups in total. The number of halogens is 1. The smallest absolute Gasteiger partial charge is 0.241 e. The Morgan fingerprint density at radius 2 is 1.70 bits per heavy atom. The number of carbonyl (C=O) groups excluding carboxylic acids is 1. The SMILES string of the molecule is C=C(NNC(=O)C1C2CCCCC21)c1ccc(Br)cc1. The minimum absolute atomic E-state index is 0.125. The second kappa shape index (κ2) is 5.60. The van der Waals surface area contributed by atoms with Gasteiger partial charge in [-0.25, -0.2) is 0 Å². The third kappa shape index (κ3) is 2.75. The van der Waals surface area contributed by atoms with Crippen molar-refractivity contribution in [3.63, 3.8) is 0 Å². The Hall–Kier alpha value is -1.29. The highest BCUT2D eigenvalue weighted by atomic mass is 79.9. The summed E-state index contributed by atoms with van der Waals surface area (Å²) in [6.45, 7) is 3.96. The lowest BCUT2D eigenvalue weighted by Gasteiger charge is -2.11. The van der Waals surface area contributed by atoms with Gasteiger partial charge in [-0.3, -0.25) is 15.6 Å². The average molecular weight is 335 g/mol. The van der Waals surface area contributed by atoms with Gasteiger partial charge in [0.25, 0.3) is 0 Å². The first-order valence-electron chi connectivity index (χ1n) is 7.17. The third-order valence-corrected chi connectivity index (χ3v) is 5.02. The predicted octanol–water partition coefficient (Wildman–Crippen LogP) is 3.48. The van der Waals surface area contributed by atoms with E-state index in [9.17, 15) is 4.79 Å². The van der Waals surface area contributed by atoms with Crippen molar-refractivity contribution in [1.82, 2.24) is 10.9 Å². The van der Waals surface area contributed by atoms with Crippen molar-refractivity contribution in [3.8, 4) is 0 Å². The summed E-state index contributed by atoms with van der Waals surface area (Å²) in [5, 5.41) is 0. The molecule has 0 saturated heterocycles. The molecule has 4 heteroatoms. The van der Waals surface area contributed by atoms with E-state index in [1.165, 1.54) is 25.7 Å². The molecular formula is C16H19BrN2O. The maximum absolute atomic E-state index is 12.1. The van der Waals surface area contributed by atoms with Gasteiger partial charge >= 0.3 is 0 Å². The van der Waals surface area contributed by atoms with Crippen molar-refractivity contribution in [2.75, 3.05) is 0 Å². The minimum Gasteiger partial charge on any atom is -0.299 e. The molecule has 20 heavy (non-hydrogen) atoms. The second-order valence-corrected chi connectivity index (χ2v) is 6.65. The Kier molecular flexibility index (Phi) is 3.83. The molecule has 106 valence electrons. The van der Waals surface area contributed by atoms with Gasteiger partial charge in [0.15, 0.2) is 0 Å². The molecule has 1 aromatic rings. The molecule has 0 radical (unpaired) electrons. The van der Waals surface area contributed by atoms with Gasteiger partial charge in [0.1, 0.15) is 0 Å². The number of benzene rings is 1. The first-order valence-corrected chi connectivity index (χ1v) is 7.97. The largest absolute Gasteiger partial charge is 0.299 e. The van der Waals surface area contributed by atoms with Gasteiger partial charge in [0.2, 0.25) is 5.91 Å². The highest BCUT2D eigenvalue weighted by molar-refractivity contribution is 9.10. The number of fused-ring (bicyclic) bond motifs is 1. The van der Waals surface area contributed by atoms with Crippen LogP contribution >= 0.6 is 15.9 Å². The molecule has 0 bridgehead atoms. The van der Waals surface area contributed by atoms with Crippen molar-refractivity contribution in [1.29, 1.82) is 0 Å². The molecular weight excluding hydrogens is 316 g/mol. The Balaban J connectivity index is 1.51. The van der Waals surface area contributed by atoms with Crippen LogP contribution < -0.4 is 10.9 Å². The maximum Gasteiger partial charge on any atom is 0.241 e. The zero-order valence-corrected chi connectivity index (χ0v) is 12.9. The second-order valence-electron chi connectivity index (χ2n) is 5.74. The van der Waals surface area contributed by atoms with Crippen LogP contribution in [0.2, 0.25) is 0 Å². The summed E-state index contributed by atoms with van der Waals surface area (Å²) in [4.78, 5) is 12.1. The lowest BCUT2D eigenvalue weighted by atomic mass is 10.0. The number of hydrogen-bond acceptors (Lipinski definition) is 2. The van der Waals surface area contributed by atoms with Crippen LogP contribution in [-0.4, -0.2) is 5.91 Å². The summed E-state index contributed by atoms with van der Waals surface area (Å²) in [7, 11) is 0. The van der Waals surface area contributed by atoms with Crippen LogP contribution in [0.5, 0.6) is 0 Å². The van der Waals surface area contributed by atoms with E-state index in [1.54, 1.807) is 0 Å². The zero-order chi connectivity index (χ0) is 14.1. The van der Waals surface area contributed by atoms with Gasteiger partial charge < -0.3 is 0 Å². The average Bonchev–Trinajstić information content (AvgIpc) is 3.19. The highest BCUT2D eigenvalue weighted by Gasteiger charge is 2.54. The van der Waals surface area contributed by atoms with E-state index in [4.69, 9.17) is 0 Å². The topological polar surface area (TPSA) is 41.1 Å². The Labute approximate surface area is 127 Å². The van der Waals surface area contributed by atoms with Gasteiger partial charge in [0.05, 0.1) is 5.70 Å². The van der Waals surface area contributed by atoms with Crippen molar-refractivity contribution in [3.05, 3.63) is 40.9 Å². The minimum atomic E-state index is 0.125. The molecule has 2 saturated carbocycles. The fourth-order valence-corrected chi connectivity index (χ4v) is 3.59. The quantitative estimate of drug-likeness (QED) is 0.827. The number of amides is 1. The van der Waals surface area contributed by atoms with Crippen LogP contribution in [0.15, 0.2) is 35.3 Å². The monoisotopic (exact) mass is 334 g/mol. The molecule has 0 spiro atoms. The van der Waals surface area contributed by atoms with E-state index >= 15 is 0 Å². The van der Waals surface area contributed by atoms with Crippen molar-refractivity contribution in [2.24, 2.45) is 17.8 Å². The van der Waals surface area contributed by atoms with Gasteiger partial charge in [-0.05, 0) is 42.4 Å². The molecule has 3 rings (SSSR count). The predicted molar refractivity (Wildman–Crippen MR) is 83.4 cm³/mol. The normalized spacial score (nSPS) is 27.4. The number of carbonyl (C=O) groups is 1. The van der Waals surface area contributed by atoms with Gasteiger partial charge in [-0.1, -0.05) is 47.5 Å². The molecule has 2 unspecified atom stereocenters. The van der Waals surface area contributed by atoms with Gasteiger partial charge in [-0.15, -0.1) is 0 Å². The molecule has 2 aliphatic rings. The fourth-order valence-electron chi connectivity index (χ4n) is 3.32. The van der Waals surface area contributed by atoms with E-state index in [0.29, 0.717) is 11.8 Å². The highest BCUT2D eigenvalue weighted by Crippen LogP contribution is 2.55. The van der Waals surface area contributed by atoms with E-state index in [2.05, 4.69) is 33.4 Å². The van der Waals surface area contributed by atoms with Crippen LogP contribution in [0, 0.1) is 17.8 Å². The van der Waals surface area contributed by atoms with Crippen LogP contribution in [0.25, 0.3) is 5.70 Å². The van der Waals surface area contributed by atoms with Crippen molar-refractivity contribution in [2.45, 2.75) is 25.7 Å². The molecule has 2 fully saturated rings.